The summed E-state index contributed by atoms with van der Waals surface area (Å²) >= 11 is 0. The number of para-hydroxylation sites is 1. The zero-order chi connectivity index (χ0) is 12.4. The number of nitrogens with one attached hydrogen (secondary N) is 1. The molecule has 1 N–H and O–H groups in total. The third-order valence-electron chi connectivity index (χ3n) is 3.09. The minimum atomic E-state index is -0.189. The first-order chi connectivity index (χ1) is 8.83. The Labute approximate surface area is 105 Å². The van der Waals surface area contributed by atoms with Crippen LogP contribution in [0.1, 0.15) is 11.1 Å². The second-order valence-electron chi connectivity index (χ2n) is 4.32. The van der Waals surface area contributed by atoms with Crippen LogP contribution in [0.5, 0.6) is 0 Å². The highest BCUT2D eigenvalue weighted by Gasteiger charge is 2.03. The molecule has 0 bridgehead atoms. The SMILES string of the molecule is Fc1ccc(C[CH]c2c[nH]c3ccccc23)cc1. The van der Waals surface area contributed by atoms with Crippen molar-refractivity contribution < 1.29 is 4.39 Å². The monoisotopic (exact) mass is 238 g/mol. The van der Waals surface area contributed by atoms with Crippen molar-refractivity contribution in [1.82, 2.24) is 4.98 Å². The molecule has 3 aromatic rings. The molecular formula is C16H13FN. The average molecular weight is 238 g/mol. The lowest BCUT2D eigenvalue weighted by molar-refractivity contribution is 0.627. The van der Waals surface area contributed by atoms with Crippen LogP contribution in [0.3, 0.4) is 0 Å². The molecule has 0 amide bonds. The van der Waals surface area contributed by atoms with E-state index >= 15 is 0 Å². The lowest BCUT2D eigenvalue weighted by Gasteiger charge is -2.00. The Kier molecular flexibility index (Phi) is 2.85. The van der Waals surface area contributed by atoms with Gasteiger partial charge in [0, 0.05) is 17.1 Å². The van der Waals surface area contributed by atoms with Gasteiger partial charge in [-0.1, -0.05) is 30.3 Å². The Bertz CT molecular complexity index is 652. The molecule has 1 radical (unpaired) electrons. The van der Waals surface area contributed by atoms with Gasteiger partial charge in [-0.15, -0.1) is 0 Å². The van der Waals surface area contributed by atoms with Crippen LogP contribution in [-0.4, -0.2) is 4.98 Å². The lowest BCUT2D eigenvalue weighted by atomic mass is 10.0. The number of hydrogen-bond donors (Lipinski definition) is 1. The summed E-state index contributed by atoms with van der Waals surface area (Å²) in [5.41, 5.74) is 3.44. The summed E-state index contributed by atoms with van der Waals surface area (Å²) in [5, 5.41) is 1.22. The van der Waals surface area contributed by atoms with Crippen LogP contribution in [0, 0.1) is 12.2 Å². The quantitative estimate of drug-likeness (QED) is 0.707. The topological polar surface area (TPSA) is 15.8 Å². The van der Waals surface area contributed by atoms with Gasteiger partial charge in [0.15, 0.2) is 0 Å². The highest BCUT2D eigenvalue weighted by molar-refractivity contribution is 5.84. The molecule has 0 saturated carbocycles. The summed E-state index contributed by atoms with van der Waals surface area (Å²) < 4.78 is 12.8. The van der Waals surface area contributed by atoms with E-state index in [-0.39, 0.29) is 5.82 Å². The maximum atomic E-state index is 12.8. The van der Waals surface area contributed by atoms with E-state index in [1.54, 1.807) is 0 Å². The van der Waals surface area contributed by atoms with Crippen LogP contribution < -0.4 is 0 Å². The van der Waals surface area contributed by atoms with Gasteiger partial charge in [0.05, 0.1) is 0 Å². The fourth-order valence-corrected chi connectivity index (χ4v) is 2.11. The zero-order valence-electron chi connectivity index (χ0n) is 9.86. The van der Waals surface area contributed by atoms with E-state index in [4.69, 9.17) is 0 Å². The molecule has 1 heterocycles. The third kappa shape index (κ3) is 2.14. The van der Waals surface area contributed by atoms with Crippen molar-refractivity contribution >= 4 is 10.9 Å². The molecule has 0 fully saturated rings. The van der Waals surface area contributed by atoms with Gasteiger partial charge in [-0.3, -0.25) is 0 Å². The smallest absolute Gasteiger partial charge is 0.123 e. The summed E-state index contributed by atoms with van der Waals surface area (Å²) in [7, 11) is 0. The van der Waals surface area contributed by atoms with Gasteiger partial charge >= 0.3 is 0 Å². The van der Waals surface area contributed by atoms with Crippen molar-refractivity contribution in [2.24, 2.45) is 0 Å². The summed E-state index contributed by atoms with van der Waals surface area (Å²) in [6.07, 6.45) is 4.97. The molecule has 18 heavy (non-hydrogen) atoms. The molecule has 0 atom stereocenters. The second-order valence-corrected chi connectivity index (χ2v) is 4.32. The van der Waals surface area contributed by atoms with E-state index in [0.29, 0.717) is 0 Å². The van der Waals surface area contributed by atoms with Crippen LogP contribution in [0.2, 0.25) is 0 Å². The minimum absolute atomic E-state index is 0.189. The molecule has 0 saturated heterocycles. The number of benzene rings is 2. The van der Waals surface area contributed by atoms with Crippen LogP contribution in [0.15, 0.2) is 54.7 Å². The molecule has 0 aliphatic heterocycles. The maximum Gasteiger partial charge on any atom is 0.123 e. The van der Waals surface area contributed by atoms with Gasteiger partial charge in [-0.05, 0) is 42.2 Å². The maximum absolute atomic E-state index is 12.8. The van der Waals surface area contributed by atoms with E-state index in [1.165, 1.54) is 23.1 Å². The molecule has 2 heteroatoms. The van der Waals surface area contributed by atoms with Crippen molar-refractivity contribution in [2.45, 2.75) is 6.42 Å². The first-order valence-electron chi connectivity index (χ1n) is 5.97. The number of fused-ring (bicyclic) bond motifs is 1. The number of hydrogen-bond acceptors (Lipinski definition) is 0. The molecule has 0 aliphatic rings. The molecule has 1 aromatic heterocycles. The van der Waals surface area contributed by atoms with Gasteiger partial charge in [0.1, 0.15) is 5.82 Å². The fourth-order valence-electron chi connectivity index (χ4n) is 2.11. The number of halogens is 1. The van der Waals surface area contributed by atoms with E-state index in [1.807, 2.05) is 30.5 Å². The number of aromatic nitrogens is 1. The van der Waals surface area contributed by atoms with Crippen molar-refractivity contribution in [2.75, 3.05) is 0 Å². The normalized spacial score (nSPS) is 10.9. The van der Waals surface area contributed by atoms with Gasteiger partial charge in [-0.2, -0.15) is 0 Å². The Morgan fingerprint density at radius 2 is 1.78 bits per heavy atom. The molecule has 3 rings (SSSR count). The molecule has 0 spiro atoms. The van der Waals surface area contributed by atoms with Crippen molar-refractivity contribution in [3.05, 3.63) is 78.1 Å². The van der Waals surface area contributed by atoms with Crippen LogP contribution in [0.4, 0.5) is 4.39 Å². The first kappa shape index (κ1) is 11.0. The molecule has 1 nitrogen and oxygen atoms in total. The predicted molar refractivity (Wildman–Crippen MR) is 71.8 cm³/mol. The average Bonchev–Trinajstić information content (AvgIpc) is 2.82. The summed E-state index contributed by atoms with van der Waals surface area (Å²) in [5.74, 6) is -0.189. The van der Waals surface area contributed by atoms with Gasteiger partial charge in [0.25, 0.3) is 0 Å². The standard InChI is InChI=1S/C16H13FN/c17-14-9-6-12(7-10-14)5-8-13-11-18-16-4-2-1-3-15(13)16/h1-4,6-11,18H,5H2. The Hall–Kier alpha value is -2.09. The van der Waals surface area contributed by atoms with E-state index in [2.05, 4.69) is 23.5 Å². The minimum Gasteiger partial charge on any atom is -0.361 e. The molecule has 2 aromatic carbocycles. The molecule has 0 unspecified atom stereocenters. The first-order valence-corrected chi connectivity index (χ1v) is 5.97. The largest absolute Gasteiger partial charge is 0.361 e. The number of rotatable bonds is 3. The third-order valence-corrected chi connectivity index (χ3v) is 3.09. The highest BCUT2D eigenvalue weighted by Crippen LogP contribution is 2.20. The van der Waals surface area contributed by atoms with E-state index in [0.717, 1.165) is 17.5 Å². The predicted octanol–water partition coefficient (Wildman–Crippen LogP) is 4.10. The second kappa shape index (κ2) is 4.65. The van der Waals surface area contributed by atoms with Crippen LogP contribution >= 0.6 is 0 Å². The Morgan fingerprint density at radius 3 is 2.61 bits per heavy atom. The molecule has 89 valence electrons. The van der Waals surface area contributed by atoms with Crippen molar-refractivity contribution in [3.8, 4) is 0 Å². The van der Waals surface area contributed by atoms with Gasteiger partial charge < -0.3 is 4.98 Å². The summed E-state index contributed by atoms with van der Waals surface area (Å²) in [4.78, 5) is 3.24. The van der Waals surface area contributed by atoms with Crippen molar-refractivity contribution in [1.29, 1.82) is 0 Å². The van der Waals surface area contributed by atoms with Crippen LogP contribution in [-0.2, 0) is 6.42 Å². The summed E-state index contributed by atoms with van der Waals surface area (Å²) in [6, 6.07) is 14.8. The number of aromatic amines is 1. The van der Waals surface area contributed by atoms with Gasteiger partial charge in [0.2, 0.25) is 0 Å². The van der Waals surface area contributed by atoms with Gasteiger partial charge in [-0.25, -0.2) is 4.39 Å². The van der Waals surface area contributed by atoms with E-state index < -0.39 is 0 Å². The van der Waals surface area contributed by atoms with E-state index in [9.17, 15) is 4.39 Å². The Balaban J connectivity index is 1.79. The fraction of sp³-hybridized carbons (Fsp3) is 0.0625. The molecule has 0 aliphatic carbocycles. The lowest BCUT2D eigenvalue weighted by Crippen LogP contribution is -1.88. The Morgan fingerprint density at radius 1 is 1.00 bits per heavy atom. The van der Waals surface area contributed by atoms with Crippen LogP contribution in [0.25, 0.3) is 10.9 Å². The number of H-pyrrole nitrogens is 1. The molecular weight excluding hydrogens is 225 g/mol. The highest BCUT2D eigenvalue weighted by atomic mass is 19.1. The van der Waals surface area contributed by atoms with Crippen molar-refractivity contribution in [3.63, 3.8) is 0 Å². The summed E-state index contributed by atoms with van der Waals surface area (Å²) in [6.45, 7) is 0. The zero-order valence-corrected chi connectivity index (χ0v) is 9.86.